The van der Waals surface area contributed by atoms with Gasteiger partial charge in [0.2, 0.25) is 0 Å². The smallest absolute Gasteiger partial charge is 0.0757 e. The zero-order valence-corrected chi connectivity index (χ0v) is 8.21. The van der Waals surface area contributed by atoms with Crippen molar-refractivity contribution in [1.82, 2.24) is 4.90 Å². The van der Waals surface area contributed by atoms with E-state index in [0.29, 0.717) is 5.37 Å². The van der Waals surface area contributed by atoms with Crippen LogP contribution in [0.3, 0.4) is 0 Å². The third kappa shape index (κ3) is 1.76. The van der Waals surface area contributed by atoms with Crippen LogP contribution < -0.4 is 0 Å². The molecular formula is C8H15NO2S. The number of nitrogens with zero attached hydrogens (tertiary/aromatic N) is 1. The van der Waals surface area contributed by atoms with Gasteiger partial charge in [0, 0.05) is 18.7 Å². The third-order valence-corrected chi connectivity index (χ3v) is 3.29. The van der Waals surface area contributed by atoms with Gasteiger partial charge in [-0.15, -0.1) is 11.8 Å². The van der Waals surface area contributed by atoms with Crippen LogP contribution in [-0.2, 0) is 0 Å². The largest absolute Gasteiger partial charge is 0.396 e. The second kappa shape index (κ2) is 4.16. The first-order valence-electron chi connectivity index (χ1n) is 4.00. The summed E-state index contributed by atoms with van der Waals surface area (Å²) in [6.07, 6.45) is 0. The topological polar surface area (TPSA) is 43.7 Å². The lowest BCUT2D eigenvalue weighted by atomic mass is 10.1. The number of hydrogen-bond acceptors (Lipinski definition) is 4. The monoisotopic (exact) mass is 189 g/mol. The summed E-state index contributed by atoms with van der Waals surface area (Å²) in [4.78, 5) is 2.09. The highest BCUT2D eigenvalue weighted by Crippen LogP contribution is 2.32. The number of aliphatic hydroxyl groups excluding tert-OH is 2. The molecule has 12 heavy (non-hydrogen) atoms. The quantitative estimate of drug-likeness (QED) is 0.676. The van der Waals surface area contributed by atoms with Gasteiger partial charge in [-0.25, -0.2) is 0 Å². The second-order valence-electron chi connectivity index (χ2n) is 2.95. The minimum atomic E-state index is -0.118. The van der Waals surface area contributed by atoms with E-state index >= 15 is 0 Å². The number of aliphatic hydroxyl groups is 2. The predicted octanol–water partition coefficient (Wildman–Crippen LogP) is 0.453. The maximum Gasteiger partial charge on any atom is 0.0757 e. The molecule has 1 atom stereocenters. The second-order valence-corrected chi connectivity index (χ2v) is 4.14. The molecule has 0 saturated carbocycles. The molecule has 1 unspecified atom stereocenters. The molecule has 0 bridgehead atoms. The average Bonchev–Trinajstić information content (AvgIpc) is 2.38. The van der Waals surface area contributed by atoms with E-state index in [2.05, 4.69) is 11.8 Å². The molecule has 0 fully saturated rings. The fourth-order valence-electron chi connectivity index (χ4n) is 1.18. The highest BCUT2D eigenvalue weighted by molar-refractivity contribution is 8.02. The van der Waals surface area contributed by atoms with Crippen molar-refractivity contribution >= 4 is 11.8 Å². The van der Waals surface area contributed by atoms with Gasteiger partial charge >= 0.3 is 0 Å². The van der Waals surface area contributed by atoms with Crippen LogP contribution in [-0.4, -0.2) is 40.7 Å². The summed E-state index contributed by atoms with van der Waals surface area (Å²) in [7, 11) is 1.98. The Morgan fingerprint density at radius 1 is 1.58 bits per heavy atom. The Hall–Kier alpha value is -0.190. The normalized spacial score (nSPS) is 23.6. The van der Waals surface area contributed by atoms with Crippen LogP contribution in [0.5, 0.6) is 0 Å². The Labute approximate surface area is 77.1 Å². The standard InChI is InChI=1S/C8H15NO2S/c1-6-9(2)8(5-12-6)7(3-10)4-11/h5-7,10-11H,3-4H2,1-2H3. The Morgan fingerprint density at radius 3 is 2.50 bits per heavy atom. The summed E-state index contributed by atoms with van der Waals surface area (Å²) in [5.74, 6) is -0.118. The number of rotatable bonds is 3. The molecule has 0 aromatic rings. The molecule has 2 N–H and O–H groups in total. The van der Waals surface area contributed by atoms with Crippen LogP contribution in [0, 0.1) is 5.92 Å². The van der Waals surface area contributed by atoms with Gasteiger partial charge in [-0.2, -0.15) is 0 Å². The zero-order chi connectivity index (χ0) is 9.14. The molecular weight excluding hydrogens is 174 g/mol. The Bertz CT molecular complexity index is 180. The fourth-order valence-corrected chi connectivity index (χ4v) is 2.18. The number of hydrogen-bond donors (Lipinski definition) is 2. The van der Waals surface area contributed by atoms with E-state index in [0.717, 1.165) is 5.70 Å². The highest BCUT2D eigenvalue weighted by atomic mass is 32.2. The van der Waals surface area contributed by atoms with Gasteiger partial charge in [0.25, 0.3) is 0 Å². The Morgan fingerprint density at radius 2 is 2.17 bits per heavy atom. The lowest BCUT2D eigenvalue weighted by Crippen LogP contribution is -2.28. The molecule has 1 aliphatic rings. The van der Waals surface area contributed by atoms with Crippen LogP contribution in [0.1, 0.15) is 6.92 Å². The number of thioether (sulfide) groups is 1. The minimum absolute atomic E-state index is 0.0138. The van der Waals surface area contributed by atoms with Gasteiger partial charge in [0.1, 0.15) is 0 Å². The molecule has 0 spiro atoms. The summed E-state index contributed by atoms with van der Waals surface area (Å²) in [5.41, 5.74) is 1.04. The lowest BCUT2D eigenvalue weighted by molar-refractivity contribution is 0.151. The van der Waals surface area contributed by atoms with Crippen molar-refractivity contribution in [3.8, 4) is 0 Å². The molecule has 0 aromatic heterocycles. The van der Waals surface area contributed by atoms with E-state index in [-0.39, 0.29) is 19.1 Å². The first kappa shape index (κ1) is 9.89. The molecule has 1 rings (SSSR count). The van der Waals surface area contributed by atoms with Crippen LogP contribution in [0.25, 0.3) is 0 Å². The van der Waals surface area contributed by atoms with Gasteiger partial charge in [0.15, 0.2) is 0 Å². The average molecular weight is 189 g/mol. The van der Waals surface area contributed by atoms with Crippen LogP contribution in [0.4, 0.5) is 0 Å². The van der Waals surface area contributed by atoms with E-state index < -0.39 is 0 Å². The first-order chi connectivity index (χ1) is 5.70. The van der Waals surface area contributed by atoms with Gasteiger partial charge in [-0.3, -0.25) is 0 Å². The highest BCUT2D eigenvalue weighted by Gasteiger charge is 2.24. The molecule has 3 nitrogen and oxygen atoms in total. The minimum Gasteiger partial charge on any atom is -0.396 e. The molecule has 70 valence electrons. The van der Waals surface area contributed by atoms with Crippen LogP contribution >= 0.6 is 11.8 Å². The van der Waals surface area contributed by atoms with Gasteiger partial charge in [-0.1, -0.05) is 0 Å². The van der Waals surface area contributed by atoms with Gasteiger partial charge in [-0.05, 0) is 12.3 Å². The van der Waals surface area contributed by atoms with Crippen molar-refractivity contribution < 1.29 is 10.2 Å². The van der Waals surface area contributed by atoms with Crippen molar-refractivity contribution in [2.45, 2.75) is 12.3 Å². The van der Waals surface area contributed by atoms with Crippen molar-refractivity contribution in [1.29, 1.82) is 0 Å². The SMILES string of the molecule is CC1SC=C(C(CO)CO)N1C. The predicted molar refractivity (Wildman–Crippen MR) is 50.6 cm³/mol. The zero-order valence-electron chi connectivity index (χ0n) is 7.40. The van der Waals surface area contributed by atoms with Crippen molar-refractivity contribution in [3.05, 3.63) is 11.1 Å². The molecule has 1 aliphatic heterocycles. The summed E-state index contributed by atoms with van der Waals surface area (Å²) < 4.78 is 0. The third-order valence-electron chi connectivity index (χ3n) is 2.20. The molecule has 4 heteroatoms. The van der Waals surface area contributed by atoms with Gasteiger partial charge < -0.3 is 15.1 Å². The Balaban J connectivity index is 2.62. The van der Waals surface area contributed by atoms with Crippen LogP contribution in [0.15, 0.2) is 11.1 Å². The van der Waals surface area contributed by atoms with Gasteiger partial charge in [0.05, 0.1) is 18.6 Å². The van der Waals surface area contributed by atoms with E-state index in [4.69, 9.17) is 10.2 Å². The van der Waals surface area contributed by atoms with Crippen molar-refractivity contribution in [2.75, 3.05) is 20.3 Å². The van der Waals surface area contributed by atoms with E-state index in [1.807, 2.05) is 12.5 Å². The summed E-state index contributed by atoms with van der Waals surface area (Å²) in [6, 6.07) is 0. The van der Waals surface area contributed by atoms with E-state index in [9.17, 15) is 0 Å². The van der Waals surface area contributed by atoms with E-state index in [1.54, 1.807) is 11.8 Å². The maximum absolute atomic E-state index is 8.95. The molecule has 0 radical (unpaired) electrons. The maximum atomic E-state index is 8.95. The molecule has 0 aliphatic carbocycles. The summed E-state index contributed by atoms with van der Waals surface area (Å²) >= 11 is 1.71. The van der Waals surface area contributed by atoms with E-state index in [1.165, 1.54) is 0 Å². The molecule has 0 saturated heterocycles. The fraction of sp³-hybridized carbons (Fsp3) is 0.750. The first-order valence-corrected chi connectivity index (χ1v) is 4.95. The molecule has 0 amide bonds. The summed E-state index contributed by atoms with van der Waals surface area (Å²) in [6.45, 7) is 2.12. The lowest BCUT2D eigenvalue weighted by Gasteiger charge is -2.25. The molecule has 0 aromatic carbocycles. The van der Waals surface area contributed by atoms with Crippen molar-refractivity contribution in [2.24, 2.45) is 5.92 Å². The Kier molecular flexibility index (Phi) is 3.43. The summed E-state index contributed by atoms with van der Waals surface area (Å²) in [5, 5.41) is 20.3. The van der Waals surface area contributed by atoms with Crippen LogP contribution in [0.2, 0.25) is 0 Å². The van der Waals surface area contributed by atoms with Crippen molar-refractivity contribution in [3.63, 3.8) is 0 Å². The molecule has 1 heterocycles.